The van der Waals surface area contributed by atoms with Crippen molar-refractivity contribution < 1.29 is 9.90 Å². The summed E-state index contributed by atoms with van der Waals surface area (Å²) in [5.74, 6) is -0.866. The van der Waals surface area contributed by atoms with Gasteiger partial charge >= 0.3 is 5.97 Å². The van der Waals surface area contributed by atoms with Crippen molar-refractivity contribution in [2.24, 2.45) is 0 Å². The molecule has 0 aromatic heterocycles. The third-order valence-electron chi connectivity index (χ3n) is 3.96. The summed E-state index contributed by atoms with van der Waals surface area (Å²) in [6.07, 6.45) is 1.12. The number of hydrogen-bond donors (Lipinski definition) is 1. The molecule has 118 valence electrons. The Kier molecular flexibility index (Phi) is 7.23. The Morgan fingerprint density at radius 1 is 1.10 bits per heavy atom. The van der Waals surface area contributed by atoms with Gasteiger partial charge in [-0.1, -0.05) is 13.8 Å². The standard InChI is InChI=1S/C17H28N2O2/c1-5-18(6-2)11-8-12-19(7-3)16-10-9-15(17(20)21)13-14(16)4/h9-10,13H,5-8,11-12H2,1-4H3,(H,20,21). The van der Waals surface area contributed by atoms with Gasteiger partial charge in [-0.05, 0) is 63.7 Å². The fraction of sp³-hybridized carbons (Fsp3) is 0.588. The molecule has 1 aromatic rings. The first-order valence-corrected chi connectivity index (χ1v) is 7.84. The number of aromatic carboxylic acids is 1. The second kappa shape index (κ2) is 8.67. The number of benzene rings is 1. The first kappa shape index (κ1) is 17.5. The summed E-state index contributed by atoms with van der Waals surface area (Å²) >= 11 is 0. The third-order valence-corrected chi connectivity index (χ3v) is 3.96. The maximum atomic E-state index is 11.0. The minimum Gasteiger partial charge on any atom is -0.478 e. The third kappa shape index (κ3) is 5.05. The van der Waals surface area contributed by atoms with Crippen molar-refractivity contribution in [2.45, 2.75) is 34.1 Å². The second-order valence-electron chi connectivity index (χ2n) is 5.27. The number of nitrogens with zero attached hydrogens (tertiary/aromatic N) is 2. The van der Waals surface area contributed by atoms with E-state index in [4.69, 9.17) is 5.11 Å². The van der Waals surface area contributed by atoms with E-state index >= 15 is 0 Å². The maximum Gasteiger partial charge on any atom is 0.335 e. The van der Waals surface area contributed by atoms with Gasteiger partial charge in [-0.3, -0.25) is 0 Å². The normalized spacial score (nSPS) is 10.9. The molecule has 0 saturated carbocycles. The van der Waals surface area contributed by atoms with E-state index in [0.717, 1.165) is 50.4 Å². The topological polar surface area (TPSA) is 43.8 Å². The van der Waals surface area contributed by atoms with Crippen LogP contribution in [0.25, 0.3) is 0 Å². The first-order valence-electron chi connectivity index (χ1n) is 7.84. The predicted octanol–water partition coefficient (Wildman–Crippen LogP) is 3.25. The Morgan fingerprint density at radius 3 is 2.24 bits per heavy atom. The van der Waals surface area contributed by atoms with Gasteiger partial charge < -0.3 is 14.9 Å². The lowest BCUT2D eigenvalue weighted by atomic mass is 10.1. The van der Waals surface area contributed by atoms with E-state index in [9.17, 15) is 4.79 Å². The van der Waals surface area contributed by atoms with Crippen molar-refractivity contribution in [1.82, 2.24) is 4.90 Å². The number of hydrogen-bond acceptors (Lipinski definition) is 3. The molecule has 0 aliphatic carbocycles. The van der Waals surface area contributed by atoms with E-state index in [2.05, 4.69) is 30.6 Å². The van der Waals surface area contributed by atoms with Gasteiger partial charge in [-0.15, -0.1) is 0 Å². The predicted molar refractivity (Wildman–Crippen MR) is 88.4 cm³/mol. The van der Waals surface area contributed by atoms with Crippen molar-refractivity contribution in [3.05, 3.63) is 29.3 Å². The molecular formula is C17H28N2O2. The van der Waals surface area contributed by atoms with Crippen LogP contribution in [0.1, 0.15) is 43.1 Å². The van der Waals surface area contributed by atoms with Gasteiger partial charge in [0.25, 0.3) is 0 Å². The summed E-state index contributed by atoms with van der Waals surface area (Å²) in [5.41, 5.74) is 2.53. The molecule has 0 saturated heterocycles. The van der Waals surface area contributed by atoms with Crippen LogP contribution in [-0.2, 0) is 0 Å². The Hall–Kier alpha value is -1.55. The van der Waals surface area contributed by atoms with Gasteiger partial charge in [0.1, 0.15) is 0 Å². The molecule has 1 N–H and O–H groups in total. The lowest BCUT2D eigenvalue weighted by Gasteiger charge is -2.27. The van der Waals surface area contributed by atoms with E-state index < -0.39 is 5.97 Å². The molecule has 1 aromatic carbocycles. The molecule has 4 heteroatoms. The average Bonchev–Trinajstić information content (AvgIpc) is 2.48. The van der Waals surface area contributed by atoms with E-state index in [0.29, 0.717) is 5.56 Å². The molecule has 1 rings (SSSR count). The quantitative estimate of drug-likeness (QED) is 0.759. The van der Waals surface area contributed by atoms with Crippen molar-refractivity contribution in [3.63, 3.8) is 0 Å². The smallest absolute Gasteiger partial charge is 0.335 e. The molecular weight excluding hydrogens is 264 g/mol. The highest BCUT2D eigenvalue weighted by atomic mass is 16.4. The summed E-state index contributed by atoms with van der Waals surface area (Å²) in [6.45, 7) is 13.7. The molecule has 0 aliphatic heterocycles. The van der Waals surface area contributed by atoms with Gasteiger partial charge in [0.05, 0.1) is 5.56 Å². The van der Waals surface area contributed by atoms with Crippen molar-refractivity contribution in [2.75, 3.05) is 37.6 Å². The Labute approximate surface area is 128 Å². The SMILES string of the molecule is CCN(CC)CCCN(CC)c1ccc(C(=O)O)cc1C. The number of aryl methyl sites for hydroxylation is 1. The summed E-state index contributed by atoms with van der Waals surface area (Å²) in [5, 5.41) is 9.03. The number of rotatable bonds is 9. The molecule has 0 unspecified atom stereocenters. The molecule has 0 bridgehead atoms. The van der Waals surface area contributed by atoms with Crippen LogP contribution in [0, 0.1) is 6.92 Å². The summed E-state index contributed by atoms with van der Waals surface area (Å²) in [6, 6.07) is 5.38. The Morgan fingerprint density at radius 2 is 1.76 bits per heavy atom. The van der Waals surface area contributed by atoms with Crippen LogP contribution in [0.4, 0.5) is 5.69 Å². The highest BCUT2D eigenvalue weighted by Gasteiger charge is 2.11. The molecule has 0 atom stereocenters. The molecule has 0 spiro atoms. The monoisotopic (exact) mass is 292 g/mol. The maximum absolute atomic E-state index is 11.0. The molecule has 0 radical (unpaired) electrons. The van der Waals surface area contributed by atoms with Crippen molar-refractivity contribution >= 4 is 11.7 Å². The fourth-order valence-corrected chi connectivity index (χ4v) is 2.62. The summed E-state index contributed by atoms with van der Waals surface area (Å²) < 4.78 is 0. The van der Waals surface area contributed by atoms with Crippen LogP contribution in [0.2, 0.25) is 0 Å². The summed E-state index contributed by atoms with van der Waals surface area (Å²) in [7, 11) is 0. The number of carboxylic acids is 1. The lowest BCUT2D eigenvalue weighted by Crippen LogP contribution is -2.30. The summed E-state index contributed by atoms with van der Waals surface area (Å²) in [4.78, 5) is 15.7. The van der Waals surface area contributed by atoms with Crippen LogP contribution in [0.5, 0.6) is 0 Å². The Bertz CT molecular complexity index is 456. The van der Waals surface area contributed by atoms with E-state index in [-0.39, 0.29) is 0 Å². The zero-order valence-electron chi connectivity index (χ0n) is 13.7. The number of carboxylic acid groups (broad SMARTS) is 1. The average molecular weight is 292 g/mol. The van der Waals surface area contributed by atoms with Crippen LogP contribution in [0.15, 0.2) is 18.2 Å². The molecule has 21 heavy (non-hydrogen) atoms. The lowest BCUT2D eigenvalue weighted by molar-refractivity contribution is 0.0697. The first-order chi connectivity index (χ1) is 10.0. The van der Waals surface area contributed by atoms with Gasteiger partial charge in [0.2, 0.25) is 0 Å². The molecule has 0 amide bonds. The molecule has 0 aliphatic rings. The Balaban J connectivity index is 2.69. The van der Waals surface area contributed by atoms with Gasteiger partial charge in [0.15, 0.2) is 0 Å². The van der Waals surface area contributed by atoms with Crippen molar-refractivity contribution in [1.29, 1.82) is 0 Å². The van der Waals surface area contributed by atoms with E-state index in [1.54, 1.807) is 12.1 Å². The number of carbonyl (C=O) groups is 1. The highest BCUT2D eigenvalue weighted by Crippen LogP contribution is 2.21. The van der Waals surface area contributed by atoms with E-state index in [1.165, 1.54) is 0 Å². The highest BCUT2D eigenvalue weighted by molar-refractivity contribution is 5.88. The second-order valence-corrected chi connectivity index (χ2v) is 5.27. The van der Waals surface area contributed by atoms with Gasteiger partial charge in [-0.2, -0.15) is 0 Å². The fourth-order valence-electron chi connectivity index (χ4n) is 2.62. The molecule has 0 heterocycles. The van der Waals surface area contributed by atoms with E-state index in [1.807, 2.05) is 13.0 Å². The largest absolute Gasteiger partial charge is 0.478 e. The number of anilines is 1. The van der Waals surface area contributed by atoms with Gasteiger partial charge in [0, 0.05) is 18.8 Å². The molecule has 0 fully saturated rings. The minimum absolute atomic E-state index is 0.357. The van der Waals surface area contributed by atoms with Crippen LogP contribution in [-0.4, -0.2) is 48.7 Å². The minimum atomic E-state index is -0.866. The van der Waals surface area contributed by atoms with Crippen LogP contribution < -0.4 is 4.90 Å². The zero-order chi connectivity index (χ0) is 15.8. The van der Waals surface area contributed by atoms with Crippen LogP contribution in [0.3, 0.4) is 0 Å². The molecule has 4 nitrogen and oxygen atoms in total. The van der Waals surface area contributed by atoms with Crippen LogP contribution >= 0.6 is 0 Å². The zero-order valence-corrected chi connectivity index (χ0v) is 13.7. The van der Waals surface area contributed by atoms with Crippen molar-refractivity contribution in [3.8, 4) is 0 Å². The van der Waals surface area contributed by atoms with Gasteiger partial charge in [-0.25, -0.2) is 4.79 Å².